The van der Waals surface area contributed by atoms with Gasteiger partial charge in [0, 0.05) is 12.1 Å². The number of ketones is 1. The third-order valence-electron chi connectivity index (χ3n) is 6.50. The molecule has 1 N–H and O–H groups in total. The highest BCUT2D eigenvalue weighted by molar-refractivity contribution is 7.17. The van der Waals surface area contributed by atoms with Crippen molar-refractivity contribution < 1.29 is 14.7 Å². The molecule has 36 heavy (non-hydrogen) atoms. The van der Waals surface area contributed by atoms with Crippen LogP contribution in [0, 0.1) is 6.92 Å². The van der Waals surface area contributed by atoms with Crippen LogP contribution in [0.1, 0.15) is 58.7 Å². The lowest BCUT2D eigenvalue weighted by Gasteiger charge is -2.27. The van der Waals surface area contributed by atoms with Crippen molar-refractivity contribution in [3.63, 3.8) is 0 Å². The van der Waals surface area contributed by atoms with Gasteiger partial charge in [-0.1, -0.05) is 68.4 Å². The number of carbonyl (C=O) groups is 2. The lowest BCUT2D eigenvalue weighted by molar-refractivity contribution is -0.129. The van der Waals surface area contributed by atoms with Crippen LogP contribution < -0.4 is 0 Å². The first-order valence-electron chi connectivity index (χ1n) is 12.2. The molecule has 0 saturated carbocycles. The minimum atomic E-state index is -0.643. The van der Waals surface area contributed by atoms with Crippen molar-refractivity contribution in [1.82, 2.24) is 14.8 Å². The van der Waals surface area contributed by atoms with Gasteiger partial charge in [0.15, 0.2) is 5.76 Å². The zero-order chi connectivity index (χ0) is 26.0. The second-order valence-electron chi connectivity index (χ2n) is 9.77. The Hall–Kier alpha value is -3.29. The molecule has 0 bridgehead atoms. The maximum absolute atomic E-state index is 13.9. The predicted molar refractivity (Wildman–Crippen MR) is 144 cm³/mol. The van der Waals surface area contributed by atoms with E-state index >= 15 is 0 Å². The van der Waals surface area contributed by atoms with Crippen LogP contribution in [0.25, 0.3) is 10.6 Å². The van der Waals surface area contributed by atoms with Gasteiger partial charge in [0.25, 0.3) is 5.91 Å². The third kappa shape index (κ3) is 5.13. The Kier molecular flexibility index (Phi) is 7.71. The summed E-state index contributed by atoms with van der Waals surface area (Å²) in [6.45, 7) is 7.27. The number of rotatable bonds is 9. The van der Waals surface area contributed by atoms with Crippen LogP contribution in [-0.2, 0) is 4.79 Å². The number of aromatic nitrogens is 1. The first-order chi connectivity index (χ1) is 17.2. The van der Waals surface area contributed by atoms with Gasteiger partial charge in [-0.2, -0.15) is 0 Å². The van der Waals surface area contributed by atoms with Gasteiger partial charge in [0.2, 0.25) is 5.78 Å². The zero-order valence-corrected chi connectivity index (χ0v) is 22.3. The molecule has 1 aliphatic rings. The minimum Gasteiger partial charge on any atom is -0.503 e. The lowest BCUT2D eigenvalue weighted by atomic mass is 9.93. The average molecular weight is 504 g/mol. The Morgan fingerprint density at radius 1 is 1.11 bits per heavy atom. The highest BCUT2D eigenvalue weighted by Gasteiger charge is 2.44. The SMILES string of the molecule is Cc1nc(-c2ccccc2)sc1C(=O)C1=C(O)C(=O)N(CCCN(C)C)C1c1ccc(C(C)C)cc1. The van der Waals surface area contributed by atoms with E-state index in [4.69, 9.17) is 0 Å². The molecule has 1 unspecified atom stereocenters. The highest BCUT2D eigenvalue weighted by atomic mass is 32.1. The van der Waals surface area contributed by atoms with E-state index in [0.717, 1.165) is 29.1 Å². The first kappa shape index (κ1) is 25.8. The van der Waals surface area contributed by atoms with Gasteiger partial charge in [-0.25, -0.2) is 4.98 Å². The summed E-state index contributed by atoms with van der Waals surface area (Å²) in [5.41, 5.74) is 3.64. The van der Waals surface area contributed by atoms with E-state index in [1.807, 2.05) is 68.7 Å². The number of carbonyl (C=O) groups excluding carboxylic acids is 2. The summed E-state index contributed by atoms with van der Waals surface area (Å²) in [4.78, 5) is 35.9. The predicted octanol–water partition coefficient (Wildman–Crippen LogP) is 5.77. The molecule has 2 aromatic carbocycles. The molecular formula is C29H33N3O3S. The average Bonchev–Trinajstić information content (AvgIpc) is 3.37. The molecule has 3 aromatic rings. The maximum atomic E-state index is 13.9. The van der Waals surface area contributed by atoms with E-state index in [0.29, 0.717) is 23.0 Å². The summed E-state index contributed by atoms with van der Waals surface area (Å²) in [6, 6.07) is 17.1. The molecule has 188 valence electrons. The van der Waals surface area contributed by atoms with Crippen molar-refractivity contribution in [3.05, 3.63) is 87.6 Å². The molecule has 2 heterocycles. The smallest absolute Gasteiger partial charge is 0.290 e. The molecule has 4 rings (SSSR count). The minimum absolute atomic E-state index is 0.133. The molecule has 0 radical (unpaired) electrons. The highest BCUT2D eigenvalue weighted by Crippen LogP contribution is 2.41. The molecular weight excluding hydrogens is 470 g/mol. The number of Topliss-reactive ketones (excluding diaryl/α,β-unsaturated/α-hetero) is 1. The van der Waals surface area contributed by atoms with E-state index in [2.05, 4.69) is 23.7 Å². The van der Waals surface area contributed by atoms with Crippen molar-refractivity contribution >= 4 is 23.0 Å². The fourth-order valence-corrected chi connectivity index (χ4v) is 5.54. The topological polar surface area (TPSA) is 73.7 Å². The lowest BCUT2D eigenvalue weighted by Crippen LogP contribution is -2.33. The van der Waals surface area contributed by atoms with Gasteiger partial charge in [-0.05, 0) is 51.0 Å². The Balaban J connectivity index is 1.74. The Bertz CT molecular complexity index is 1280. The number of hydrogen-bond acceptors (Lipinski definition) is 6. The molecule has 7 heteroatoms. The Morgan fingerprint density at radius 3 is 2.39 bits per heavy atom. The van der Waals surface area contributed by atoms with E-state index in [1.165, 1.54) is 16.9 Å². The normalized spacial score (nSPS) is 16.0. The maximum Gasteiger partial charge on any atom is 0.290 e. The molecule has 1 atom stereocenters. The van der Waals surface area contributed by atoms with Crippen LogP contribution in [0.3, 0.4) is 0 Å². The van der Waals surface area contributed by atoms with Gasteiger partial charge < -0.3 is 14.9 Å². The number of amides is 1. The number of hydrogen-bond donors (Lipinski definition) is 1. The molecule has 1 aromatic heterocycles. The summed E-state index contributed by atoms with van der Waals surface area (Å²) in [7, 11) is 3.96. The number of nitrogens with zero attached hydrogens (tertiary/aromatic N) is 3. The van der Waals surface area contributed by atoms with E-state index in [9.17, 15) is 14.7 Å². The van der Waals surface area contributed by atoms with E-state index in [1.54, 1.807) is 11.8 Å². The van der Waals surface area contributed by atoms with Crippen molar-refractivity contribution in [2.45, 2.75) is 39.2 Å². The fourth-order valence-electron chi connectivity index (χ4n) is 4.52. The van der Waals surface area contributed by atoms with Crippen LogP contribution >= 0.6 is 11.3 Å². The number of aliphatic hydroxyl groups is 1. The van der Waals surface area contributed by atoms with Crippen molar-refractivity contribution in [2.24, 2.45) is 0 Å². The van der Waals surface area contributed by atoms with Crippen LogP contribution in [-0.4, -0.2) is 58.8 Å². The van der Waals surface area contributed by atoms with Gasteiger partial charge in [0.05, 0.1) is 22.2 Å². The largest absolute Gasteiger partial charge is 0.503 e. The quantitative estimate of drug-likeness (QED) is 0.375. The second kappa shape index (κ2) is 10.8. The van der Waals surface area contributed by atoms with Crippen LogP contribution in [0.4, 0.5) is 0 Å². The molecule has 6 nitrogen and oxygen atoms in total. The third-order valence-corrected chi connectivity index (χ3v) is 7.70. The monoisotopic (exact) mass is 503 g/mol. The van der Waals surface area contributed by atoms with Gasteiger partial charge in [-0.15, -0.1) is 11.3 Å². The van der Waals surface area contributed by atoms with Crippen molar-refractivity contribution in [2.75, 3.05) is 27.2 Å². The molecule has 1 aliphatic heterocycles. The summed E-state index contributed by atoms with van der Waals surface area (Å²) < 4.78 is 0. The first-order valence-corrected chi connectivity index (χ1v) is 13.1. The van der Waals surface area contributed by atoms with Crippen molar-refractivity contribution in [1.29, 1.82) is 0 Å². The standard InChI is InChI=1S/C29H33N3O3S/c1-18(2)20-12-14-21(15-13-20)24-23(26(34)29(35)32(24)17-9-16-31(4)5)25(33)27-19(3)30-28(36-27)22-10-7-6-8-11-22/h6-8,10-15,18,24,34H,9,16-17H2,1-5H3. The van der Waals surface area contributed by atoms with Crippen LogP contribution in [0.15, 0.2) is 65.9 Å². The van der Waals surface area contributed by atoms with Crippen LogP contribution in [0.5, 0.6) is 0 Å². The van der Waals surface area contributed by atoms with E-state index in [-0.39, 0.29) is 11.4 Å². The number of aliphatic hydroxyl groups excluding tert-OH is 1. The van der Waals surface area contributed by atoms with Gasteiger partial charge in [-0.3, -0.25) is 9.59 Å². The number of aryl methyl sites for hydroxylation is 1. The summed E-state index contributed by atoms with van der Waals surface area (Å²) in [5.74, 6) is -0.940. The fraction of sp³-hybridized carbons (Fsp3) is 0.345. The molecule has 1 amide bonds. The number of thiazole rings is 1. The van der Waals surface area contributed by atoms with Gasteiger partial charge in [0.1, 0.15) is 5.01 Å². The zero-order valence-electron chi connectivity index (χ0n) is 21.5. The molecule has 0 aliphatic carbocycles. The molecule has 0 saturated heterocycles. The van der Waals surface area contributed by atoms with Crippen LogP contribution in [0.2, 0.25) is 0 Å². The van der Waals surface area contributed by atoms with E-state index < -0.39 is 17.7 Å². The van der Waals surface area contributed by atoms with Crippen molar-refractivity contribution in [3.8, 4) is 10.6 Å². The Labute approximate surface area is 216 Å². The second-order valence-corrected chi connectivity index (χ2v) is 10.8. The molecule has 0 spiro atoms. The molecule has 0 fully saturated rings. The van der Waals surface area contributed by atoms with Gasteiger partial charge >= 0.3 is 0 Å². The summed E-state index contributed by atoms with van der Waals surface area (Å²) in [5, 5.41) is 11.7. The Morgan fingerprint density at radius 2 is 1.78 bits per heavy atom. The summed E-state index contributed by atoms with van der Waals surface area (Å²) in [6.07, 6.45) is 0.728. The number of benzene rings is 2. The summed E-state index contributed by atoms with van der Waals surface area (Å²) >= 11 is 1.29.